The van der Waals surface area contributed by atoms with Crippen LogP contribution in [0.5, 0.6) is 5.75 Å². The minimum Gasteiger partial charge on any atom is -0.494 e. The Hall–Kier alpha value is -2.01. The van der Waals surface area contributed by atoms with Crippen molar-refractivity contribution in [3.8, 4) is 5.75 Å². The van der Waals surface area contributed by atoms with Crippen LogP contribution in [-0.2, 0) is 17.1 Å². The molecule has 0 aliphatic rings. The molecule has 0 atom stereocenters. The Labute approximate surface area is 140 Å². The second-order valence-corrected chi connectivity index (χ2v) is 5.92. The van der Waals surface area contributed by atoms with Crippen molar-refractivity contribution in [1.82, 2.24) is 5.32 Å². The number of benzene rings is 2. The van der Waals surface area contributed by atoms with Crippen LogP contribution >= 0.6 is 11.8 Å². The predicted octanol–water partition coefficient (Wildman–Crippen LogP) is 3.77. The SMILES string of the molecule is CCOc1ccccc1CSCC(=O)NCc1ccc(F)cc1. The Bertz CT molecular complexity index is 631. The Morgan fingerprint density at radius 1 is 1.17 bits per heavy atom. The summed E-state index contributed by atoms with van der Waals surface area (Å²) in [6.07, 6.45) is 0. The molecule has 1 N–H and O–H groups in total. The molecule has 0 heterocycles. The van der Waals surface area contributed by atoms with Gasteiger partial charge in [0.1, 0.15) is 11.6 Å². The summed E-state index contributed by atoms with van der Waals surface area (Å²) in [4.78, 5) is 11.8. The zero-order valence-corrected chi connectivity index (χ0v) is 13.9. The normalized spacial score (nSPS) is 10.3. The van der Waals surface area contributed by atoms with Crippen LogP contribution in [0.4, 0.5) is 4.39 Å². The number of carbonyl (C=O) groups is 1. The molecule has 122 valence electrons. The number of amides is 1. The van der Waals surface area contributed by atoms with Crippen LogP contribution < -0.4 is 10.1 Å². The van der Waals surface area contributed by atoms with Gasteiger partial charge in [0.05, 0.1) is 12.4 Å². The molecule has 0 aromatic heterocycles. The van der Waals surface area contributed by atoms with Crippen molar-refractivity contribution in [2.45, 2.75) is 19.2 Å². The highest BCUT2D eigenvalue weighted by Gasteiger charge is 2.06. The number of carbonyl (C=O) groups excluding carboxylic acids is 1. The zero-order valence-electron chi connectivity index (χ0n) is 13.0. The molecular weight excluding hydrogens is 313 g/mol. The molecule has 2 aromatic rings. The van der Waals surface area contributed by atoms with Gasteiger partial charge in [-0.3, -0.25) is 4.79 Å². The Balaban J connectivity index is 1.73. The Morgan fingerprint density at radius 3 is 2.65 bits per heavy atom. The quantitative estimate of drug-likeness (QED) is 0.799. The fraction of sp³-hybridized carbons (Fsp3) is 0.278. The van der Waals surface area contributed by atoms with Gasteiger partial charge >= 0.3 is 0 Å². The van der Waals surface area contributed by atoms with Crippen LogP contribution in [0.1, 0.15) is 18.1 Å². The maximum absolute atomic E-state index is 12.8. The number of thioether (sulfide) groups is 1. The van der Waals surface area contributed by atoms with Crippen molar-refractivity contribution in [2.75, 3.05) is 12.4 Å². The van der Waals surface area contributed by atoms with E-state index >= 15 is 0 Å². The molecule has 0 aliphatic heterocycles. The van der Waals surface area contributed by atoms with Gasteiger partial charge < -0.3 is 10.1 Å². The summed E-state index contributed by atoms with van der Waals surface area (Å²) in [6.45, 7) is 2.99. The first-order valence-corrected chi connectivity index (χ1v) is 8.64. The highest BCUT2D eigenvalue weighted by Crippen LogP contribution is 2.22. The molecule has 0 bridgehead atoms. The number of hydrogen-bond acceptors (Lipinski definition) is 3. The van der Waals surface area contributed by atoms with Crippen LogP contribution in [0.3, 0.4) is 0 Å². The first-order valence-electron chi connectivity index (χ1n) is 7.48. The average Bonchev–Trinajstić information content (AvgIpc) is 2.56. The molecule has 0 spiro atoms. The van der Waals surface area contributed by atoms with E-state index in [1.54, 1.807) is 23.9 Å². The fourth-order valence-corrected chi connectivity index (χ4v) is 2.87. The average molecular weight is 333 g/mol. The first-order chi connectivity index (χ1) is 11.2. The first kappa shape index (κ1) is 17.3. The van der Waals surface area contributed by atoms with E-state index in [2.05, 4.69) is 5.32 Å². The highest BCUT2D eigenvalue weighted by molar-refractivity contribution is 7.99. The third-order valence-electron chi connectivity index (χ3n) is 3.17. The number of halogens is 1. The van der Waals surface area contributed by atoms with E-state index in [0.29, 0.717) is 18.9 Å². The van der Waals surface area contributed by atoms with E-state index in [-0.39, 0.29) is 11.7 Å². The zero-order chi connectivity index (χ0) is 16.5. The van der Waals surface area contributed by atoms with E-state index in [9.17, 15) is 9.18 Å². The molecule has 0 fully saturated rings. The van der Waals surface area contributed by atoms with E-state index in [1.165, 1.54) is 12.1 Å². The van der Waals surface area contributed by atoms with Crippen molar-refractivity contribution in [3.05, 3.63) is 65.5 Å². The van der Waals surface area contributed by atoms with Crippen molar-refractivity contribution in [1.29, 1.82) is 0 Å². The van der Waals surface area contributed by atoms with E-state index in [0.717, 1.165) is 22.6 Å². The van der Waals surface area contributed by atoms with Gasteiger partial charge in [-0.1, -0.05) is 30.3 Å². The van der Waals surface area contributed by atoms with Crippen molar-refractivity contribution >= 4 is 17.7 Å². The lowest BCUT2D eigenvalue weighted by molar-refractivity contribution is -0.118. The molecule has 23 heavy (non-hydrogen) atoms. The molecule has 0 saturated heterocycles. The van der Waals surface area contributed by atoms with Gasteiger partial charge in [0.2, 0.25) is 5.91 Å². The van der Waals surface area contributed by atoms with Crippen molar-refractivity contribution in [3.63, 3.8) is 0 Å². The minimum absolute atomic E-state index is 0.0341. The Morgan fingerprint density at radius 2 is 1.91 bits per heavy atom. The van der Waals surface area contributed by atoms with Crippen molar-refractivity contribution in [2.24, 2.45) is 0 Å². The molecule has 0 saturated carbocycles. The molecular formula is C18H20FNO2S. The Kier molecular flexibility index (Phi) is 6.94. The third kappa shape index (κ3) is 5.94. The highest BCUT2D eigenvalue weighted by atomic mass is 32.2. The van der Waals surface area contributed by atoms with E-state index in [1.807, 2.05) is 31.2 Å². The lowest BCUT2D eigenvalue weighted by Crippen LogP contribution is -2.24. The number of ether oxygens (including phenoxy) is 1. The summed E-state index contributed by atoms with van der Waals surface area (Å²) in [6, 6.07) is 14.0. The van der Waals surface area contributed by atoms with Crippen LogP contribution in [0.15, 0.2) is 48.5 Å². The van der Waals surface area contributed by atoms with Gasteiger partial charge in [-0.25, -0.2) is 4.39 Å². The smallest absolute Gasteiger partial charge is 0.230 e. The molecule has 1 amide bonds. The standard InChI is InChI=1S/C18H20FNO2S/c1-2-22-17-6-4-3-5-15(17)12-23-13-18(21)20-11-14-7-9-16(19)10-8-14/h3-10H,2,11-13H2,1H3,(H,20,21). The molecule has 5 heteroatoms. The van der Waals surface area contributed by atoms with Gasteiger partial charge in [-0.2, -0.15) is 0 Å². The summed E-state index contributed by atoms with van der Waals surface area (Å²) < 4.78 is 18.4. The van der Waals surface area contributed by atoms with Gasteiger partial charge in [0, 0.05) is 17.9 Å². The fourth-order valence-electron chi connectivity index (χ4n) is 2.03. The van der Waals surface area contributed by atoms with Crippen LogP contribution in [0.25, 0.3) is 0 Å². The number of para-hydroxylation sites is 1. The molecule has 2 rings (SSSR count). The van der Waals surface area contributed by atoms with E-state index < -0.39 is 0 Å². The molecule has 3 nitrogen and oxygen atoms in total. The second-order valence-electron chi connectivity index (χ2n) is 4.94. The number of hydrogen-bond donors (Lipinski definition) is 1. The second kappa shape index (κ2) is 9.20. The van der Waals surface area contributed by atoms with Crippen LogP contribution in [-0.4, -0.2) is 18.3 Å². The lowest BCUT2D eigenvalue weighted by Gasteiger charge is -2.10. The summed E-state index contributed by atoms with van der Waals surface area (Å²) in [7, 11) is 0. The summed E-state index contributed by atoms with van der Waals surface area (Å²) in [5, 5.41) is 2.83. The maximum Gasteiger partial charge on any atom is 0.230 e. The molecule has 2 aromatic carbocycles. The summed E-state index contributed by atoms with van der Waals surface area (Å²) >= 11 is 1.54. The maximum atomic E-state index is 12.8. The number of rotatable bonds is 8. The van der Waals surface area contributed by atoms with Gasteiger partial charge in [-0.05, 0) is 30.7 Å². The topological polar surface area (TPSA) is 38.3 Å². The summed E-state index contributed by atoms with van der Waals surface area (Å²) in [5.41, 5.74) is 1.97. The van der Waals surface area contributed by atoms with Crippen LogP contribution in [0, 0.1) is 5.82 Å². The predicted molar refractivity (Wildman–Crippen MR) is 92.0 cm³/mol. The minimum atomic E-state index is -0.274. The molecule has 0 aliphatic carbocycles. The molecule has 0 radical (unpaired) electrons. The van der Waals surface area contributed by atoms with Gasteiger partial charge in [-0.15, -0.1) is 11.8 Å². The van der Waals surface area contributed by atoms with Gasteiger partial charge in [0.25, 0.3) is 0 Å². The van der Waals surface area contributed by atoms with Gasteiger partial charge in [0.15, 0.2) is 0 Å². The van der Waals surface area contributed by atoms with Crippen LogP contribution in [0.2, 0.25) is 0 Å². The lowest BCUT2D eigenvalue weighted by atomic mass is 10.2. The monoisotopic (exact) mass is 333 g/mol. The summed E-state index contributed by atoms with van der Waals surface area (Å²) in [5.74, 6) is 1.66. The largest absolute Gasteiger partial charge is 0.494 e. The molecule has 0 unspecified atom stereocenters. The number of nitrogens with one attached hydrogen (secondary N) is 1. The van der Waals surface area contributed by atoms with Crippen molar-refractivity contribution < 1.29 is 13.9 Å². The van der Waals surface area contributed by atoms with E-state index in [4.69, 9.17) is 4.74 Å². The third-order valence-corrected chi connectivity index (χ3v) is 4.15.